The Hall–Kier alpha value is -1.50. The Morgan fingerprint density at radius 2 is 2.14 bits per heavy atom. The van der Waals surface area contributed by atoms with Crippen LogP contribution in [0.3, 0.4) is 0 Å². The maximum Gasteiger partial charge on any atom is 0.123 e. The Bertz CT molecular complexity index is 545. The summed E-state index contributed by atoms with van der Waals surface area (Å²) >= 11 is 1.64. The summed E-state index contributed by atoms with van der Waals surface area (Å²) in [7, 11) is 0. The van der Waals surface area contributed by atoms with Gasteiger partial charge in [-0.1, -0.05) is 0 Å². The zero-order valence-corrected chi connectivity index (χ0v) is 12.7. The van der Waals surface area contributed by atoms with Crippen LogP contribution in [0.5, 0.6) is 5.75 Å². The summed E-state index contributed by atoms with van der Waals surface area (Å²) in [4.78, 5) is 4.37. The SMILES string of the molecule is Cc1nc(CCNCC(O)COc2ccc(F)cc2)cs1. The van der Waals surface area contributed by atoms with Crippen LogP contribution in [0.2, 0.25) is 0 Å². The van der Waals surface area contributed by atoms with E-state index in [1.165, 1.54) is 12.1 Å². The minimum absolute atomic E-state index is 0.175. The molecule has 2 rings (SSSR count). The number of aryl methyl sites for hydroxylation is 1. The van der Waals surface area contributed by atoms with Gasteiger partial charge in [-0.05, 0) is 31.2 Å². The lowest BCUT2D eigenvalue weighted by atomic mass is 10.3. The summed E-state index contributed by atoms with van der Waals surface area (Å²) in [6.07, 6.45) is 0.239. The standard InChI is InChI=1S/C15H19FN2O2S/c1-11-18-13(10-21-11)6-7-17-8-14(19)9-20-15-4-2-12(16)3-5-15/h2-5,10,14,17,19H,6-9H2,1H3. The molecule has 21 heavy (non-hydrogen) atoms. The zero-order valence-electron chi connectivity index (χ0n) is 11.9. The number of nitrogens with zero attached hydrogens (tertiary/aromatic N) is 1. The van der Waals surface area contributed by atoms with E-state index in [0.29, 0.717) is 12.3 Å². The Balaban J connectivity index is 1.59. The quantitative estimate of drug-likeness (QED) is 0.734. The van der Waals surface area contributed by atoms with Gasteiger partial charge >= 0.3 is 0 Å². The second-order valence-electron chi connectivity index (χ2n) is 4.73. The maximum absolute atomic E-state index is 12.7. The Morgan fingerprint density at radius 3 is 2.81 bits per heavy atom. The number of hydrogen-bond donors (Lipinski definition) is 2. The maximum atomic E-state index is 12.7. The highest BCUT2D eigenvalue weighted by molar-refractivity contribution is 7.09. The van der Waals surface area contributed by atoms with Crippen LogP contribution in [-0.4, -0.2) is 35.9 Å². The first-order chi connectivity index (χ1) is 10.1. The number of aliphatic hydroxyl groups is 1. The van der Waals surface area contributed by atoms with Gasteiger partial charge in [0.2, 0.25) is 0 Å². The normalized spacial score (nSPS) is 12.3. The predicted molar refractivity (Wildman–Crippen MR) is 81.3 cm³/mol. The van der Waals surface area contributed by atoms with E-state index < -0.39 is 6.10 Å². The Labute approximate surface area is 127 Å². The molecule has 1 aromatic carbocycles. The topological polar surface area (TPSA) is 54.4 Å². The molecule has 0 saturated heterocycles. The van der Waals surface area contributed by atoms with Gasteiger partial charge in [0.1, 0.15) is 24.3 Å². The van der Waals surface area contributed by atoms with Crippen molar-refractivity contribution in [3.8, 4) is 5.75 Å². The number of thiazole rings is 1. The first kappa shape index (κ1) is 15.9. The second-order valence-corrected chi connectivity index (χ2v) is 5.79. The molecule has 2 N–H and O–H groups in total. The molecule has 1 aromatic heterocycles. The van der Waals surface area contributed by atoms with Crippen LogP contribution in [0.1, 0.15) is 10.7 Å². The van der Waals surface area contributed by atoms with Crippen molar-refractivity contribution in [2.45, 2.75) is 19.4 Å². The largest absolute Gasteiger partial charge is 0.491 e. The fraction of sp³-hybridized carbons (Fsp3) is 0.400. The molecular formula is C15H19FN2O2S. The highest BCUT2D eigenvalue weighted by Crippen LogP contribution is 2.11. The number of aliphatic hydroxyl groups excluding tert-OH is 1. The summed E-state index contributed by atoms with van der Waals surface area (Å²) in [6.45, 7) is 3.37. The molecule has 114 valence electrons. The average Bonchev–Trinajstić information content (AvgIpc) is 2.89. The van der Waals surface area contributed by atoms with Crippen molar-refractivity contribution in [2.24, 2.45) is 0 Å². The highest BCUT2D eigenvalue weighted by atomic mass is 32.1. The third-order valence-corrected chi connectivity index (χ3v) is 3.68. The average molecular weight is 310 g/mol. The van der Waals surface area contributed by atoms with Gasteiger partial charge in [-0.3, -0.25) is 0 Å². The molecule has 0 fully saturated rings. The van der Waals surface area contributed by atoms with Crippen molar-refractivity contribution in [3.63, 3.8) is 0 Å². The van der Waals surface area contributed by atoms with Crippen LogP contribution in [0, 0.1) is 12.7 Å². The fourth-order valence-electron chi connectivity index (χ4n) is 1.79. The van der Waals surface area contributed by atoms with Gasteiger partial charge in [0.05, 0.1) is 10.7 Å². The molecule has 2 aromatic rings. The molecule has 0 radical (unpaired) electrons. The molecular weight excluding hydrogens is 291 g/mol. The van der Waals surface area contributed by atoms with Crippen molar-refractivity contribution >= 4 is 11.3 Å². The minimum atomic E-state index is -0.604. The molecule has 6 heteroatoms. The summed E-state index contributed by atoms with van der Waals surface area (Å²) in [5.41, 5.74) is 1.07. The summed E-state index contributed by atoms with van der Waals surface area (Å²) in [5.74, 6) is 0.246. The third-order valence-electron chi connectivity index (χ3n) is 2.86. The molecule has 0 aliphatic rings. The van der Waals surface area contributed by atoms with Crippen molar-refractivity contribution in [1.29, 1.82) is 0 Å². The van der Waals surface area contributed by atoms with Gasteiger partial charge < -0.3 is 15.2 Å². The van der Waals surface area contributed by atoms with E-state index in [1.54, 1.807) is 23.5 Å². The molecule has 1 atom stereocenters. The molecule has 4 nitrogen and oxygen atoms in total. The fourth-order valence-corrected chi connectivity index (χ4v) is 2.44. The number of halogens is 1. The van der Waals surface area contributed by atoms with E-state index in [1.807, 2.05) is 12.3 Å². The molecule has 0 spiro atoms. The molecule has 0 aliphatic carbocycles. The zero-order chi connectivity index (χ0) is 15.1. The summed E-state index contributed by atoms with van der Waals surface area (Å²) in [5, 5.41) is 16.1. The number of ether oxygens (including phenoxy) is 1. The Kier molecular flexibility index (Phi) is 6.10. The van der Waals surface area contributed by atoms with Crippen LogP contribution in [0.15, 0.2) is 29.6 Å². The number of nitrogens with one attached hydrogen (secondary N) is 1. The van der Waals surface area contributed by atoms with Crippen LogP contribution >= 0.6 is 11.3 Å². The highest BCUT2D eigenvalue weighted by Gasteiger charge is 2.05. The van der Waals surface area contributed by atoms with E-state index in [2.05, 4.69) is 10.3 Å². The lowest BCUT2D eigenvalue weighted by Crippen LogP contribution is -2.32. The van der Waals surface area contributed by atoms with Crippen molar-refractivity contribution in [3.05, 3.63) is 46.2 Å². The van der Waals surface area contributed by atoms with E-state index in [9.17, 15) is 9.50 Å². The molecule has 0 bridgehead atoms. The van der Waals surface area contributed by atoms with Crippen LogP contribution in [-0.2, 0) is 6.42 Å². The van der Waals surface area contributed by atoms with Crippen molar-refractivity contribution < 1.29 is 14.2 Å². The molecule has 1 unspecified atom stereocenters. The third kappa shape index (κ3) is 5.79. The van der Waals surface area contributed by atoms with Crippen molar-refractivity contribution in [1.82, 2.24) is 10.3 Å². The Morgan fingerprint density at radius 1 is 1.38 bits per heavy atom. The first-order valence-corrected chi connectivity index (χ1v) is 7.69. The van der Waals surface area contributed by atoms with Gasteiger partial charge in [-0.25, -0.2) is 9.37 Å². The van der Waals surface area contributed by atoms with Gasteiger partial charge in [0, 0.05) is 24.9 Å². The van der Waals surface area contributed by atoms with E-state index in [4.69, 9.17) is 4.74 Å². The van der Waals surface area contributed by atoms with E-state index in [-0.39, 0.29) is 12.4 Å². The van der Waals surface area contributed by atoms with Crippen LogP contribution in [0.25, 0.3) is 0 Å². The molecule has 0 aliphatic heterocycles. The monoisotopic (exact) mass is 310 g/mol. The molecule has 0 saturated carbocycles. The lowest BCUT2D eigenvalue weighted by Gasteiger charge is -2.13. The smallest absolute Gasteiger partial charge is 0.123 e. The summed E-state index contributed by atoms with van der Waals surface area (Å²) in [6, 6.07) is 5.74. The van der Waals surface area contributed by atoms with E-state index >= 15 is 0 Å². The summed E-state index contributed by atoms with van der Waals surface area (Å²) < 4.78 is 18.1. The molecule has 0 amide bonds. The van der Waals surface area contributed by atoms with Gasteiger partial charge in [-0.2, -0.15) is 0 Å². The number of aromatic nitrogens is 1. The number of rotatable bonds is 8. The van der Waals surface area contributed by atoms with Gasteiger partial charge in [0.25, 0.3) is 0 Å². The first-order valence-electron chi connectivity index (χ1n) is 6.81. The van der Waals surface area contributed by atoms with Crippen LogP contribution in [0.4, 0.5) is 4.39 Å². The predicted octanol–water partition coefficient (Wildman–Crippen LogP) is 2.16. The van der Waals surface area contributed by atoms with Crippen molar-refractivity contribution in [2.75, 3.05) is 19.7 Å². The number of hydrogen-bond acceptors (Lipinski definition) is 5. The van der Waals surface area contributed by atoms with Gasteiger partial charge in [0.15, 0.2) is 0 Å². The van der Waals surface area contributed by atoms with Crippen LogP contribution < -0.4 is 10.1 Å². The second kappa shape index (κ2) is 8.07. The van der Waals surface area contributed by atoms with Gasteiger partial charge in [-0.15, -0.1) is 11.3 Å². The van der Waals surface area contributed by atoms with E-state index in [0.717, 1.165) is 23.7 Å². The lowest BCUT2D eigenvalue weighted by molar-refractivity contribution is 0.106. The minimum Gasteiger partial charge on any atom is -0.491 e. The molecule has 1 heterocycles. The number of benzene rings is 1.